The van der Waals surface area contributed by atoms with Gasteiger partial charge in [0.25, 0.3) is 11.8 Å². The Morgan fingerprint density at radius 1 is 1.11 bits per heavy atom. The molecule has 3 N–H and O–H groups in total. The van der Waals surface area contributed by atoms with Gasteiger partial charge in [0, 0.05) is 18.8 Å². The number of nitrogens with zero attached hydrogens (tertiary/aromatic N) is 1. The van der Waals surface area contributed by atoms with Gasteiger partial charge in [-0.05, 0) is 31.0 Å². The molecule has 0 spiro atoms. The van der Waals surface area contributed by atoms with Crippen molar-refractivity contribution in [1.82, 2.24) is 4.90 Å². The second-order valence-corrected chi connectivity index (χ2v) is 7.75. The normalized spacial score (nSPS) is 22.5. The lowest BCUT2D eigenvalue weighted by molar-refractivity contribution is -1.00. The molecule has 27 heavy (non-hydrogen) atoms. The lowest BCUT2D eigenvalue weighted by Crippen LogP contribution is -3.28. The molecule has 2 amide bonds. The number of ether oxygens (including phenoxy) is 1. The first-order chi connectivity index (χ1) is 13.0. The molecule has 1 aromatic carbocycles. The van der Waals surface area contributed by atoms with Crippen LogP contribution in [0.25, 0.3) is 0 Å². The van der Waals surface area contributed by atoms with E-state index in [-0.39, 0.29) is 11.8 Å². The fourth-order valence-electron chi connectivity index (χ4n) is 3.78. The molecule has 0 unspecified atom stereocenters. The number of amides is 2. The Labute approximate surface area is 165 Å². The number of anilines is 1. The van der Waals surface area contributed by atoms with E-state index in [2.05, 4.69) is 5.32 Å². The number of quaternary nitrogens is 2. The summed E-state index contributed by atoms with van der Waals surface area (Å²) in [4.78, 5) is 29.1. The molecule has 2 aliphatic rings. The number of benzene rings is 1. The predicted octanol–water partition coefficient (Wildman–Crippen LogP) is -1.31. The van der Waals surface area contributed by atoms with Crippen molar-refractivity contribution in [2.24, 2.45) is 0 Å². The van der Waals surface area contributed by atoms with Gasteiger partial charge in [-0.25, -0.2) is 0 Å². The minimum atomic E-state index is -0.0252. The van der Waals surface area contributed by atoms with Gasteiger partial charge in [-0.1, -0.05) is 11.6 Å². The quantitative estimate of drug-likeness (QED) is 0.559. The summed E-state index contributed by atoms with van der Waals surface area (Å²) in [6.07, 6.45) is 2.26. The molecule has 2 aliphatic heterocycles. The smallest absolute Gasteiger partial charge is 0.279 e. The number of hydrogen-bond donors (Lipinski definition) is 3. The van der Waals surface area contributed by atoms with Crippen molar-refractivity contribution in [3.05, 3.63) is 23.2 Å². The van der Waals surface area contributed by atoms with Crippen LogP contribution in [0.4, 0.5) is 5.69 Å². The third kappa shape index (κ3) is 5.57. The Morgan fingerprint density at radius 2 is 1.74 bits per heavy atom. The van der Waals surface area contributed by atoms with Crippen LogP contribution in [0.3, 0.4) is 0 Å². The number of nitrogens with one attached hydrogen (secondary N) is 3. The summed E-state index contributed by atoms with van der Waals surface area (Å²) in [6, 6.07) is 5.22. The van der Waals surface area contributed by atoms with Crippen LogP contribution < -0.4 is 19.9 Å². The summed E-state index contributed by atoms with van der Waals surface area (Å²) in [6.45, 7) is 6.50. The van der Waals surface area contributed by atoms with Crippen molar-refractivity contribution in [2.75, 3.05) is 64.8 Å². The van der Waals surface area contributed by atoms with Crippen LogP contribution in [0.15, 0.2) is 18.2 Å². The zero-order valence-corrected chi connectivity index (χ0v) is 16.6. The van der Waals surface area contributed by atoms with Gasteiger partial charge in [-0.15, -0.1) is 0 Å². The summed E-state index contributed by atoms with van der Waals surface area (Å²) in [7, 11) is 1.56. The van der Waals surface area contributed by atoms with E-state index in [1.807, 2.05) is 4.90 Å². The van der Waals surface area contributed by atoms with Crippen LogP contribution in [0.5, 0.6) is 5.75 Å². The molecule has 2 saturated heterocycles. The molecule has 0 radical (unpaired) electrons. The van der Waals surface area contributed by atoms with Gasteiger partial charge >= 0.3 is 0 Å². The maximum absolute atomic E-state index is 12.3. The molecular formula is C19H29ClN4O3+2. The van der Waals surface area contributed by atoms with Gasteiger partial charge in [0.15, 0.2) is 13.1 Å². The second-order valence-electron chi connectivity index (χ2n) is 7.34. The van der Waals surface area contributed by atoms with Gasteiger partial charge < -0.3 is 24.8 Å². The fourth-order valence-corrected chi connectivity index (χ4v) is 4.04. The molecular weight excluding hydrogens is 368 g/mol. The van der Waals surface area contributed by atoms with Crippen molar-refractivity contribution < 1.29 is 24.1 Å². The highest BCUT2D eigenvalue weighted by molar-refractivity contribution is 6.32. The zero-order valence-electron chi connectivity index (χ0n) is 15.9. The first kappa shape index (κ1) is 19.9. The molecule has 2 fully saturated rings. The third-order valence-electron chi connectivity index (χ3n) is 5.37. The van der Waals surface area contributed by atoms with Crippen molar-refractivity contribution in [2.45, 2.75) is 12.8 Å². The SMILES string of the molecule is COc1ccc(NC(=O)C[NH+]2CC[NH+](CC(=O)N3CCCC3)CC2)cc1Cl. The number of carbonyl (C=O) groups excluding carboxylic acids is 2. The van der Waals surface area contributed by atoms with Crippen LogP contribution in [0.1, 0.15) is 12.8 Å². The van der Waals surface area contributed by atoms with E-state index < -0.39 is 0 Å². The van der Waals surface area contributed by atoms with Gasteiger partial charge in [0.2, 0.25) is 0 Å². The highest BCUT2D eigenvalue weighted by Crippen LogP contribution is 2.26. The van der Waals surface area contributed by atoms with Gasteiger partial charge in [-0.3, -0.25) is 9.59 Å². The first-order valence-corrected chi connectivity index (χ1v) is 10.0. The van der Waals surface area contributed by atoms with Crippen LogP contribution in [0, 0.1) is 0 Å². The lowest BCUT2D eigenvalue weighted by Gasteiger charge is -2.29. The molecule has 0 aliphatic carbocycles. The summed E-state index contributed by atoms with van der Waals surface area (Å²) in [5.74, 6) is 0.839. The van der Waals surface area contributed by atoms with Crippen LogP contribution in [0.2, 0.25) is 5.02 Å². The van der Waals surface area contributed by atoms with Crippen molar-refractivity contribution in [3.63, 3.8) is 0 Å². The van der Waals surface area contributed by atoms with Gasteiger partial charge in [0.1, 0.15) is 31.9 Å². The Balaban J connectivity index is 1.40. The summed E-state index contributed by atoms with van der Waals surface area (Å²) < 4.78 is 5.12. The maximum atomic E-state index is 12.3. The molecule has 1 aromatic rings. The van der Waals surface area contributed by atoms with E-state index in [9.17, 15) is 9.59 Å². The summed E-state index contributed by atoms with van der Waals surface area (Å²) in [5, 5.41) is 3.37. The van der Waals surface area contributed by atoms with Crippen molar-refractivity contribution >= 4 is 29.1 Å². The van der Waals surface area contributed by atoms with Crippen molar-refractivity contribution in [1.29, 1.82) is 0 Å². The molecule has 148 valence electrons. The van der Waals surface area contributed by atoms with Gasteiger partial charge in [0.05, 0.1) is 12.1 Å². The molecule has 2 heterocycles. The number of likely N-dealkylation sites (tertiary alicyclic amines) is 1. The number of piperazine rings is 1. The second kappa shape index (κ2) is 9.39. The fraction of sp³-hybridized carbons (Fsp3) is 0.579. The van der Waals surface area contributed by atoms with E-state index in [4.69, 9.17) is 16.3 Å². The molecule has 0 aromatic heterocycles. The van der Waals surface area contributed by atoms with E-state index in [1.54, 1.807) is 25.3 Å². The van der Waals surface area contributed by atoms with Crippen molar-refractivity contribution in [3.8, 4) is 5.75 Å². The number of hydrogen-bond acceptors (Lipinski definition) is 3. The first-order valence-electron chi connectivity index (χ1n) is 9.63. The van der Waals surface area contributed by atoms with Crippen LogP contribution >= 0.6 is 11.6 Å². The molecule has 0 saturated carbocycles. The largest absolute Gasteiger partial charge is 0.495 e. The van der Waals surface area contributed by atoms with Crippen LogP contribution in [-0.2, 0) is 9.59 Å². The number of methoxy groups -OCH3 is 1. The number of carbonyl (C=O) groups is 2. The van der Waals surface area contributed by atoms with Gasteiger partial charge in [-0.2, -0.15) is 0 Å². The molecule has 8 heteroatoms. The molecule has 7 nitrogen and oxygen atoms in total. The van der Waals surface area contributed by atoms with E-state index in [1.165, 1.54) is 9.80 Å². The highest BCUT2D eigenvalue weighted by atomic mass is 35.5. The Hall–Kier alpha value is -1.83. The summed E-state index contributed by atoms with van der Waals surface area (Å²) >= 11 is 6.09. The maximum Gasteiger partial charge on any atom is 0.279 e. The minimum absolute atomic E-state index is 0.0252. The molecule has 0 atom stereocenters. The minimum Gasteiger partial charge on any atom is -0.495 e. The predicted molar refractivity (Wildman–Crippen MR) is 104 cm³/mol. The van der Waals surface area contributed by atoms with E-state index in [0.717, 1.165) is 52.1 Å². The Kier molecular flexibility index (Phi) is 6.93. The Bertz CT molecular complexity index is 671. The summed E-state index contributed by atoms with van der Waals surface area (Å²) in [5.41, 5.74) is 0.672. The average molecular weight is 397 g/mol. The number of rotatable bonds is 6. The topological polar surface area (TPSA) is 67.5 Å². The van der Waals surface area contributed by atoms with E-state index in [0.29, 0.717) is 29.5 Å². The zero-order chi connectivity index (χ0) is 19.2. The third-order valence-corrected chi connectivity index (χ3v) is 5.67. The van der Waals surface area contributed by atoms with E-state index >= 15 is 0 Å². The monoisotopic (exact) mass is 396 g/mol. The Morgan fingerprint density at radius 3 is 2.33 bits per heavy atom. The molecule has 3 rings (SSSR count). The standard InChI is InChI=1S/C19H27ClN4O3/c1-27-17-5-4-15(12-16(17)20)21-18(25)13-22-8-10-23(11-9-22)14-19(26)24-6-2-3-7-24/h4-5,12H,2-3,6-11,13-14H2,1H3,(H,21,25)/p+2. The number of halogens is 1. The lowest BCUT2D eigenvalue weighted by atomic mass is 10.2. The van der Waals surface area contributed by atoms with Crippen LogP contribution in [-0.4, -0.2) is 76.2 Å². The average Bonchev–Trinajstić information content (AvgIpc) is 3.18. The molecule has 0 bridgehead atoms. The highest BCUT2D eigenvalue weighted by Gasteiger charge is 2.28.